The number of hydrogen-bond acceptors (Lipinski definition) is 4. The van der Waals surface area contributed by atoms with Gasteiger partial charge in [0.25, 0.3) is 5.91 Å². The maximum atomic E-state index is 12.6. The van der Waals surface area contributed by atoms with E-state index >= 15 is 0 Å². The summed E-state index contributed by atoms with van der Waals surface area (Å²) in [6, 6.07) is 7.51. The summed E-state index contributed by atoms with van der Waals surface area (Å²) in [6.45, 7) is 6.06. The van der Waals surface area contributed by atoms with Gasteiger partial charge in [0, 0.05) is 17.2 Å². The van der Waals surface area contributed by atoms with Crippen LogP contribution >= 0.6 is 0 Å². The number of fused-ring (bicyclic) bond motifs is 2. The molecule has 0 spiro atoms. The smallest absolute Gasteiger partial charge is 0.260 e. The first-order valence-corrected chi connectivity index (χ1v) is 8.15. The predicted molar refractivity (Wildman–Crippen MR) is 94.6 cm³/mol. The van der Waals surface area contributed by atoms with E-state index in [0.29, 0.717) is 34.7 Å². The third-order valence-electron chi connectivity index (χ3n) is 4.39. The van der Waals surface area contributed by atoms with Crippen molar-refractivity contribution >= 4 is 28.7 Å². The molecule has 25 heavy (non-hydrogen) atoms. The lowest BCUT2D eigenvalue weighted by atomic mass is 9.87. The van der Waals surface area contributed by atoms with Gasteiger partial charge in [0.1, 0.15) is 5.52 Å². The van der Waals surface area contributed by atoms with Crippen LogP contribution < -0.4 is 4.90 Å². The fourth-order valence-electron chi connectivity index (χ4n) is 3.03. The number of carbonyl (C=O) groups excluding carboxylic acids is 2. The molecule has 6 nitrogen and oxygen atoms in total. The number of hydrogen-bond donors (Lipinski definition) is 1. The van der Waals surface area contributed by atoms with Gasteiger partial charge in [-0.3, -0.25) is 14.5 Å². The molecule has 0 fully saturated rings. The molecule has 6 heteroatoms. The van der Waals surface area contributed by atoms with Crippen molar-refractivity contribution in [1.29, 1.82) is 0 Å². The van der Waals surface area contributed by atoms with E-state index in [4.69, 9.17) is 0 Å². The molecule has 2 aromatic heterocycles. The zero-order chi connectivity index (χ0) is 17.8. The normalized spacial score (nSPS) is 14.2. The molecule has 1 N–H and O–H groups in total. The number of anilines is 1. The van der Waals surface area contributed by atoms with E-state index in [1.807, 2.05) is 45.0 Å². The summed E-state index contributed by atoms with van der Waals surface area (Å²) < 4.78 is 0. The molecule has 0 atom stereocenters. The summed E-state index contributed by atoms with van der Waals surface area (Å²) in [6.07, 6.45) is 3.20. The molecule has 1 aromatic carbocycles. The lowest BCUT2D eigenvalue weighted by molar-refractivity contribution is 0.0860. The lowest BCUT2D eigenvalue weighted by Gasteiger charge is -2.16. The van der Waals surface area contributed by atoms with Gasteiger partial charge in [0.15, 0.2) is 17.2 Å². The minimum Gasteiger partial charge on any atom is -0.344 e. The third-order valence-corrected chi connectivity index (χ3v) is 4.39. The highest BCUT2D eigenvalue weighted by Crippen LogP contribution is 2.29. The SMILES string of the molecule is CC(C)(C)C(=O)c1c[nH]c2ncc(N3Cc4ccccc4C3=O)nc12. The molecule has 0 saturated heterocycles. The van der Waals surface area contributed by atoms with Crippen LogP contribution in [-0.4, -0.2) is 26.6 Å². The van der Waals surface area contributed by atoms with E-state index in [0.717, 1.165) is 5.56 Å². The molecular formula is C19H18N4O2. The first kappa shape index (κ1) is 15.5. The lowest BCUT2D eigenvalue weighted by Crippen LogP contribution is -2.24. The molecule has 1 aliphatic heterocycles. The molecule has 0 bridgehead atoms. The van der Waals surface area contributed by atoms with E-state index in [-0.39, 0.29) is 11.7 Å². The Kier molecular flexibility index (Phi) is 3.25. The number of nitrogens with zero attached hydrogens (tertiary/aromatic N) is 3. The highest BCUT2D eigenvalue weighted by Gasteiger charge is 2.31. The number of rotatable bonds is 2. The number of H-pyrrole nitrogens is 1. The fraction of sp³-hybridized carbons (Fsp3) is 0.263. The molecule has 3 heterocycles. The number of aromatic amines is 1. The van der Waals surface area contributed by atoms with Gasteiger partial charge in [-0.05, 0) is 11.6 Å². The monoisotopic (exact) mass is 334 g/mol. The first-order valence-electron chi connectivity index (χ1n) is 8.15. The van der Waals surface area contributed by atoms with Crippen LogP contribution in [0, 0.1) is 5.41 Å². The highest BCUT2D eigenvalue weighted by molar-refractivity contribution is 6.11. The van der Waals surface area contributed by atoms with E-state index in [9.17, 15) is 9.59 Å². The van der Waals surface area contributed by atoms with Crippen molar-refractivity contribution < 1.29 is 9.59 Å². The Balaban J connectivity index is 1.78. The van der Waals surface area contributed by atoms with E-state index in [2.05, 4.69) is 15.0 Å². The Labute approximate surface area is 144 Å². The summed E-state index contributed by atoms with van der Waals surface area (Å²) in [5.74, 6) is 0.348. The molecule has 4 rings (SSSR count). The Morgan fingerprint density at radius 3 is 2.72 bits per heavy atom. The summed E-state index contributed by atoms with van der Waals surface area (Å²) >= 11 is 0. The average Bonchev–Trinajstić information content (AvgIpc) is 3.14. The van der Waals surface area contributed by atoms with Gasteiger partial charge in [-0.25, -0.2) is 9.97 Å². The van der Waals surface area contributed by atoms with Crippen LogP contribution in [0.2, 0.25) is 0 Å². The molecule has 1 amide bonds. The fourth-order valence-corrected chi connectivity index (χ4v) is 3.03. The standard InChI is InChI=1S/C19H18N4O2/c1-19(2,3)16(24)13-8-20-17-15(13)22-14(9-21-17)23-10-11-6-4-5-7-12(11)18(23)25/h4-9H,10H2,1-3H3,(H,20,21). The van der Waals surface area contributed by atoms with Crippen molar-refractivity contribution in [2.24, 2.45) is 5.41 Å². The number of Topliss-reactive ketones (excluding diaryl/α,β-unsaturated/α-hetero) is 1. The Morgan fingerprint density at radius 1 is 1.24 bits per heavy atom. The Hall–Kier alpha value is -3.02. The van der Waals surface area contributed by atoms with Crippen molar-refractivity contribution in [2.45, 2.75) is 27.3 Å². The van der Waals surface area contributed by atoms with Gasteiger partial charge in [-0.2, -0.15) is 0 Å². The van der Waals surface area contributed by atoms with Gasteiger partial charge in [-0.15, -0.1) is 0 Å². The topological polar surface area (TPSA) is 79.0 Å². The maximum Gasteiger partial charge on any atom is 0.260 e. The molecule has 1 aliphatic rings. The summed E-state index contributed by atoms with van der Waals surface area (Å²) in [5, 5.41) is 0. The van der Waals surface area contributed by atoms with E-state index < -0.39 is 5.41 Å². The Bertz CT molecular complexity index is 1010. The zero-order valence-electron chi connectivity index (χ0n) is 14.3. The number of benzene rings is 1. The molecular weight excluding hydrogens is 316 g/mol. The third kappa shape index (κ3) is 2.41. The number of ketones is 1. The second-order valence-electron chi connectivity index (χ2n) is 7.26. The summed E-state index contributed by atoms with van der Waals surface area (Å²) in [4.78, 5) is 38.8. The van der Waals surface area contributed by atoms with Crippen LogP contribution in [0.1, 0.15) is 47.1 Å². The zero-order valence-corrected chi connectivity index (χ0v) is 14.3. The predicted octanol–water partition coefficient (Wildman–Crippen LogP) is 3.35. The van der Waals surface area contributed by atoms with Crippen molar-refractivity contribution in [3.63, 3.8) is 0 Å². The van der Waals surface area contributed by atoms with Gasteiger partial charge < -0.3 is 4.98 Å². The average molecular weight is 334 g/mol. The van der Waals surface area contributed by atoms with Gasteiger partial charge in [0.05, 0.1) is 18.3 Å². The molecule has 126 valence electrons. The molecule has 0 unspecified atom stereocenters. The minimum absolute atomic E-state index is 0.0127. The van der Waals surface area contributed by atoms with Gasteiger partial charge in [0.2, 0.25) is 0 Å². The molecule has 3 aromatic rings. The van der Waals surface area contributed by atoms with Crippen molar-refractivity contribution in [1.82, 2.24) is 15.0 Å². The van der Waals surface area contributed by atoms with Crippen LogP contribution in [0.15, 0.2) is 36.7 Å². The summed E-state index contributed by atoms with van der Waals surface area (Å²) in [5.41, 5.74) is 2.67. The largest absolute Gasteiger partial charge is 0.344 e. The summed E-state index contributed by atoms with van der Waals surface area (Å²) in [7, 11) is 0. The van der Waals surface area contributed by atoms with E-state index in [1.165, 1.54) is 0 Å². The van der Waals surface area contributed by atoms with E-state index in [1.54, 1.807) is 17.3 Å². The minimum atomic E-state index is -0.521. The van der Waals surface area contributed by atoms with Crippen LogP contribution in [0.25, 0.3) is 11.2 Å². The Morgan fingerprint density at radius 2 is 2.00 bits per heavy atom. The van der Waals surface area contributed by atoms with Crippen LogP contribution in [0.4, 0.5) is 5.82 Å². The van der Waals surface area contributed by atoms with Crippen molar-refractivity contribution in [3.05, 3.63) is 53.3 Å². The van der Waals surface area contributed by atoms with Gasteiger partial charge in [-0.1, -0.05) is 39.0 Å². The number of nitrogens with one attached hydrogen (secondary N) is 1. The maximum absolute atomic E-state index is 12.6. The van der Waals surface area contributed by atoms with Crippen molar-refractivity contribution in [2.75, 3.05) is 4.90 Å². The van der Waals surface area contributed by atoms with Gasteiger partial charge >= 0.3 is 0 Å². The first-order chi connectivity index (χ1) is 11.9. The second kappa shape index (κ2) is 5.24. The quantitative estimate of drug-likeness (QED) is 0.729. The van der Waals surface area contributed by atoms with Crippen LogP contribution in [-0.2, 0) is 6.54 Å². The van der Waals surface area contributed by atoms with Crippen molar-refractivity contribution in [3.8, 4) is 0 Å². The van der Waals surface area contributed by atoms with Crippen LogP contribution in [0.5, 0.6) is 0 Å². The number of amides is 1. The second-order valence-corrected chi connectivity index (χ2v) is 7.26. The number of aromatic nitrogens is 3. The number of carbonyl (C=O) groups is 2. The molecule has 0 aliphatic carbocycles. The molecule has 0 radical (unpaired) electrons. The highest BCUT2D eigenvalue weighted by atomic mass is 16.2. The van der Waals surface area contributed by atoms with Crippen LogP contribution in [0.3, 0.4) is 0 Å². The molecule has 0 saturated carbocycles.